The van der Waals surface area contributed by atoms with Crippen LogP contribution in [0.25, 0.3) is 11.1 Å². The van der Waals surface area contributed by atoms with Crippen molar-refractivity contribution >= 4 is 35.0 Å². The van der Waals surface area contributed by atoms with Crippen molar-refractivity contribution in [2.24, 2.45) is 5.73 Å². The predicted molar refractivity (Wildman–Crippen MR) is 128 cm³/mol. The summed E-state index contributed by atoms with van der Waals surface area (Å²) in [7, 11) is 0. The van der Waals surface area contributed by atoms with Crippen LogP contribution < -0.4 is 11.1 Å². The summed E-state index contributed by atoms with van der Waals surface area (Å²) in [5.41, 5.74) is 8.95. The highest BCUT2D eigenvalue weighted by atomic mass is 35.5. The third-order valence-corrected chi connectivity index (χ3v) is 6.86. The fourth-order valence-corrected chi connectivity index (χ4v) is 5.22. The molecule has 0 atom stereocenters. The number of aliphatic hydroxyl groups excluding tert-OH is 1. The number of nitrogens with one attached hydrogen (secondary N) is 1. The molecule has 1 fully saturated rings. The Balaban J connectivity index is 1.66. The average Bonchev–Trinajstić information content (AvgIpc) is 2.75. The van der Waals surface area contributed by atoms with Crippen molar-refractivity contribution in [2.75, 3.05) is 5.32 Å². The van der Waals surface area contributed by atoms with Crippen LogP contribution in [0.3, 0.4) is 0 Å². The molecule has 1 amide bonds. The SMILES string of the molecule is NC(=O)c1ccc(-c2ccccc2Sc2cccc(Cl)c2)cc1NC1CCC(O)CC1. The van der Waals surface area contributed by atoms with E-state index in [1.165, 1.54) is 0 Å². The number of carbonyl (C=O) groups is 1. The molecule has 4 nitrogen and oxygen atoms in total. The Labute approximate surface area is 191 Å². The molecular weight excluding hydrogens is 428 g/mol. The molecule has 0 unspecified atom stereocenters. The number of amides is 1. The summed E-state index contributed by atoms with van der Waals surface area (Å²) in [5.74, 6) is -0.452. The molecule has 0 aliphatic heterocycles. The minimum Gasteiger partial charge on any atom is -0.393 e. The Morgan fingerprint density at radius 2 is 1.77 bits per heavy atom. The number of nitrogens with two attached hydrogens (primary N) is 1. The van der Waals surface area contributed by atoms with Gasteiger partial charge in [0, 0.05) is 26.5 Å². The van der Waals surface area contributed by atoms with Crippen molar-refractivity contribution in [1.82, 2.24) is 0 Å². The van der Waals surface area contributed by atoms with Crippen LogP contribution in [-0.2, 0) is 0 Å². The average molecular weight is 453 g/mol. The molecule has 4 rings (SSSR count). The predicted octanol–water partition coefficient (Wildman–Crippen LogP) is 5.97. The molecule has 1 saturated carbocycles. The number of carbonyl (C=O) groups excluding carboxylic acids is 1. The Bertz CT molecular complexity index is 1080. The van der Waals surface area contributed by atoms with Crippen molar-refractivity contribution in [3.05, 3.63) is 77.3 Å². The van der Waals surface area contributed by atoms with Crippen LogP contribution in [-0.4, -0.2) is 23.2 Å². The summed E-state index contributed by atoms with van der Waals surface area (Å²) in [4.78, 5) is 14.2. The van der Waals surface area contributed by atoms with Gasteiger partial charge in [0.1, 0.15) is 0 Å². The van der Waals surface area contributed by atoms with E-state index in [1.54, 1.807) is 17.8 Å². The van der Waals surface area contributed by atoms with E-state index in [1.807, 2.05) is 48.5 Å². The van der Waals surface area contributed by atoms with Crippen molar-refractivity contribution in [1.29, 1.82) is 0 Å². The van der Waals surface area contributed by atoms with E-state index < -0.39 is 5.91 Å². The molecule has 1 aliphatic rings. The number of primary amides is 1. The molecule has 160 valence electrons. The van der Waals surface area contributed by atoms with Gasteiger partial charge in [0.25, 0.3) is 5.91 Å². The smallest absolute Gasteiger partial charge is 0.250 e. The van der Waals surface area contributed by atoms with E-state index in [0.29, 0.717) is 10.6 Å². The lowest BCUT2D eigenvalue weighted by Crippen LogP contribution is -2.29. The number of hydrogen-bond acceptors (Lipinski definition) is 4. The molecule has 0 saturated heterocycles. The largest absolute Gasteiger partial charge is 0.393 e. The third-order valence-electron chi connectivity index (χ3n) is 5.56. The number of hydrogen-bond donors (Lipinski definition) is 3. The molecule has 1 aliphatic carbocycles. The normalized spacial score (nSPS) is 18.5. The third kappa shape index (κ3) is 5.42. The molecule has 0 bridgehead atoms. The highest BCUT2D eigenvalue weighted by molar-refractivity contribution is 7.99. The van der Waals surface area contributed by atoms with Gasteiger partial charge in [0.05, 0.1) is 11.7 Å². The van der Waals surface area contributed by atoms with Crippen LogP contribution in [0, 0.1) is 0 Å². The summed E-state index contributed by atoms with van der Waals surface area (Å²) < 4.78 is 0. The fraction of sp³-hybridized carbons (Fsp3) is 0.240. The summed E-state index contributed by atoms with van der Waals surface area (Å²) in [6.07, 6.45) is 3.04. The zero-order valence-corrected chi connectivity index (χ0v) is 18.6. The van der Waals surface area contributed by atoms with Crippen LogP contribution in [0.1, 0.15) is 36.0 Å². The monoisotopic (exact) mass is 452 g/mol. The zero-order valence-electron chi connectivity index (χ0n) is 17.1. The first-order chi connectivity index (χ1) is 15.0. The molecule has 3 aromatic carbocycles. The number of rotatable bonds is 6. The van der Waals surface area contributed by atoms with Gasteiger partial charge >= 0.3 is 0 Å². The second-order valence-corrected chi connectivity index (χ2v) is 9.38. The molecule has 6 heteroatoms. The van der Waals surface area contributed by atoms with E-state index in [9.17, 15) is 9.90 Å². The van der Waals surface area contributed by atoms with Crippen molar-refractivity contribution in [3.8, 4) is 11.1 Å². The summed E-state index contributed by atoms with van der Waals surface area (Å²) >= 11 is 7.81. The van der Waals surface area contributed by atoms with Gasteiger partial charge in [-0.25, -0.2) is 0 Å². The van der Waals surface area contributed by atoms with E-state index in [2.05, 4.69) is 17.4 Å². The van der Waals surface area contributed by atoms with Crippen LogP contribution in [0.2, 0.25) is 5.02 Å². The van der Waals surface area contributed by atoms with Gasteiger partial charge in [-0.1, -0.05) is 53.7 Å². The zero-order chi connectivity index (χ0) is 21.8. The Morgan fingerprint density at radius 1 is 1.00 bits per heavy atom. The maximum absolute atomic E-state index is 12.0. The van der Waals surface area contributed by atoms with Crippen LogP contribution in [0.5, 0.6) is 0 Å². The molecule has 4 N–H and O–H groups in total. The van der Waals surface area contributed by atoms with Crippen molar-refractivity contribution < 1.29 is 9.90 Å². The fourth-order valence-electron chi connectivity index (χ4n) is 3.94. The number of halogens is 1. The lowest BCUT2D eigenvalue weighted by molar-refractivity contribution is 0.100. The van der Waals surface area contributed by atoms with E-state index >= 15 is 0 Å². The van der Waals surface area contributed by atoms with Crippen molar-refractivity contribution in [3.63, 3.8) is 0 Å². The summed E-state index contributed by atoms with van der Waals surface area (Å²) in [6, 6.07) is 21.9. The maximum atomic E-state index is 12.0. The summed E-state index contributed by atoms with van der Waals surface area (Å²) in [5, 5.41) is 14.0. The van der Waals surface area contributed by atoms with Crippen LogP contribution in [0.15, 0.2) is 76.5 Å². The highest BCUT2D eigenvalue weighted by Gasteiger charge is 2.21. The van der Waals surface area contributed by atoms with Crippen molar-refractivity contribution in [2.45, 2.75) is 47.6 Å². The maximum Gasteiger partial charge on any atom is 0.250 e. The molecule has 3 aromatic rings. The summed E-state index contributed by atoms with van der Waals surface area (Å²) in [6.45, 7) is 0. The first-order valence-electron chi connectivity index (χ1n) is 10.4. The molecule has 0 spiro atoms. The van der Waals surface area contributed by atoms with Gasteiger partial charge in [-0.3, -0.25) is 4.79 Å². The second-order valence-electron chi connectivity index (χ2n) is 7.83. The first kappa shape index (κ1) is 21.8. The van der Waals surface area contributed by atoms with E-state index in [0.717, 1.165) is 52.3 Å². The number of anilines is 1. The molecule has 0 heterocycles. The second kappa shape index (κ2) is 9.77. The topological polar surface area (TPSA) is 75.4 Å². The molecular formula is C25H25ClN2O2S. The number of aliphatic hydroxyl groups is 1. The molecule has 31 heavy (non-hydrogen) atoms. The van der Waals surface area contributed by atoms with Gasteiger partial charge in [0.2, 0.25) is 0 Å². The van der Waals surface area contributed by atoms with Crippen LogP contribution in [0.4, 0.5) is 5.69 Å². The van der Waals surface area contributed by atoms with Gasteiger partial charge in [0.15, 0.2) is 0 Å². The Kier molecular flexibility index (Phi) is 6.86. The standard InChI is InChI=1S/C25H25ClN2O2S/c26-17-4-3-5-20(15-17)31-24-7-2-1-6-21(24)16-8-13-22(25(27)30)23(14-16)28-18-9-11-19(29)12-10-18/h1-8,13-15,18-19,28-29H,9-12H2,(H2,27,30). The van der Waals surface area contributed by atoms with Gasteiger partial charge in [-0.05, 0) is 73.2 Å². The minimum atomic E-state index is -0.452. The van der Waals surface area contributed by atoms with E-state index in [4.69, 9.17) is 17.3 Å². The minimum absolute atomic E-state index is 0.216. The highest BCUT2D eigenvalue weighted by Crippen LogP contribution is 2.38. The lowest BCUT2D eigenvalue weighted by atomic mass is 9.92. The van der Waals surface area contributed by atoms with Gasteiger partial charge < -0.3 is 16.2 Å². The van der Waals surface area contributed by atoms with Gasteiger partial charge in [-0.15, -0.1) is 0 Å². The molecule has 0 radical (unpaired) electrons. The van der Waals surface area contributed by atoms with E-state index in [-0.39, 0.29) is 12.1 Å². The lowest BCUT2D eigenvalue weighted by Gasteiger charge is -2.28. The Morgan fingerprint density at radius 3 is 2.52 bits per heavy atom. The van der Waals surface area contributed by atoms with Gasteiger partial charge in [-0.2, -0.15) is 0 Å². The number of benzene rings is 3. The van der Waals surface area contributed by atoms with Crippen LogP contribution >= 0.6 is 23.4 Å². The Hall–Kier alpha value is -2.47. The molecule has 0 aromatic heterocycles. The first-order valence-corrected chi connectivity index (χ1v) is 11.6. The quantitative estimate of drug-likeness (QED) is 0.430.